The summed E-state index contributed by atoms with van der Waals surface area (Å²) < 4.78 is 0.814. The summed E-state index contributed by atoms with van der Waals surface area (Å²) in [5.74, 6) is 0.351. The van der Waals surface area contributed by atoms with E-state index in [4.69, 9.17) is 0 Å². The lowest BCUT2D eigenvalue weighted by molar-refractivity contribution is 0.00723. The van der Waals surface area contributed by atoms with E-state index in [9.17, 15) is 5.11 Å². The van der Waals surface area contributed by atoms with Gasteiger partial charge in [-0.1, -0.05) is 6.92 Å². The fraction of sp³-hybridized carbons (Fsp3) is 0.667. The molecule has 1 aromatic heterocycles. The van der Waals surface area contributed by atoms with Gasteiger partial charge in [-0.2, -0.15) is 0 Å². The van der Waals surface area contributed by atoms with Crippen LogP contribution >= 0.6 is 27.3 Å². The van der Waals surface area contributed by atoms with Crippen molar-refractivity contribution >= 4 is 27.3 Å². The predicted octanol–water partition coefficient (Wildman–Crippen LogP) is 2.91. The maximum atomic E-state index is 10.4. The molecule has 0 bridgehead atoms. The molecule has 1 N–H and O–H groups in total. The zero-order valence-corrected chi connectivity index (χ0v) is 9.86. The number of hydrogen-bond acceptors (Lipinski definition) is 3. The van der Waals surface area contributed by atoms with E-state index in [0.29, 0.717) is 5.92 Å². The van der Waals surface area contributed by atoms with E-state index < -0.39 is 5.60 Å². The number of rotatable bonds is 1. The Kier molecular flexibility index (Phi) is 2.47. The molecule has 13 heavy (non-hydrogen) atoms. The zero-order valence-electron chi connectivity index (χ0n) is 7.46. The van der Waals surface area contributed by atoms with Gasteiger partial charge in [-0.05, 0) is 41.1 Å². The molecule has 0 amide bonds. The third-order valence-electron chi connectivity index (χ3n) is 2.93. The first-order valence-corrected chi connectivity index (χ1v) is 6.13. The van der Waals surface area contributed by atoms with Gasteiger partial charge in [0.05, 0.1) is 10.4 Å². The fourth-order valence-corrected chi connectivity index (χ4v) is 3.80. The van der Waals surface area contributed by atoms with E-state index >= 15 is 0 Å². The molecule has 1 aliphatic rings. The highest BCUT2D eigenvalue weighted by molar-refractivity contribution is 9.10. The van der Waals surface area contributed by atoms with Crippen molar-refractivity contribution in [1.29, 1.82) is 0 Å². The van der Waals surface area contributed by atoms with Crippen molar-refractivity contribution in [3.63, 3.8) is 0 Å². The van der Waals surface area contributed by atoms with E-state index in [1.54, 1.807) is 16.8 Å². The highest BCUT2D eigenvalue weighted by atomic mass is 79.9. The van der Waals surface area contributed by atoms with Crippen LogP contribution in [0.2, 0.25) is 0 Å². The Labute approximate surface area is 90.1 Å². The lowest BCUT2D eigenvalue weighted by Gasteiger charge is -2.26. The van der Waals surface area contributed by atoms with E-state index in [1.807, 2.05) is 0 Å². The van der Waals surface area contributed by atoms with Crippen molar-refractivity contribution in [2.75, 3.05) is 0 Å². The Bertz CT molecular complexity index is 314. The van der Waals surface area contributed by atoms with Crippen molar-refractivity contribution in [3.8, 4) is 0 Å². The first-order chi connectivity index (χ1) is 6.14. The lowest BCUT2D eigenvalue weighted by Crippen LogP contribution is -2.27. The molecule has 0 radical (unpaired) electrons. The number of thiazole rings is 1. The van der Waals surface area contributed by atoms with Gasteiger partial charge in [-0.3, -0.25) is 0 Å². The maximum Gasteiger partial charge on any atom is 0.123 e. The molecule has 1 aromatic rings. The second kappa shape index (κ2) is 3.33. The van der Waals surface area contributed by atoms with Gasteiger partial charge >= 0.3 is 0 Å². The summed E-state index contributed by atoms with van der Waals surface area (Å²) in [4.78, 5) is 5.11. The molecule has 1 fully saturated rings. The Balaban J connectivity index is 2.39. The van der Waals surface area contributed by atoms with Crippen molar-refractivity contribution in [2.45, 2.75) is 31.8 Å². The first-order valence-electron chi connectivity index (χ1n) is 4.46. The lowest BCUT2D eigenvalue weighted by atomic mass is 9.91. The topological polar surface area (TPSA) is 33.1 Å². The van der Waals surface area contributed by atoms with Gasteiger partial charge < -0.3 is 5.11 Å². The molecule has 0 aliphatic heterocycles. The van der Waals surface area contributed by atoms with Crippen molar-refractivity contribution in [1.82, 2.24) is 4.98 Å². The zero-order chi connectivity index (χ0) is 9.47. The molecule has 2 rings (SSSR count). The average molecular weight is 262 g/mol. The molecule has 1 aliphatic carbocycles. The summed E-state index contributed by atoms with van der Waals surface area (Å²) in [5.41, 5.74) is 1.16. The number of hydrogen-bond donors (Lipinski definition) is 1. The minimum Gasteiger partial charge on any atom is -0.384 e. The van der Waals surface area contributed by atoms with Gasteiger partial charge in [0.15, 0.2) is 0 Å². The number of nitrogens with zero attached hydrogens (tertiary/aromatic N) is 1. The van der Waals surface area contributed by atoms with Crippen LogP contribution in [0.5, 0.6) is 0 Å². The summed E-state index contributed by atoms with van der Waals surface area (Å²) in [6.45, 7) is 2.11. The largest absolute Gasteiger partial charge is 0.384 e. The van der Waals surface area contributed by atoms with E-state index in [1.165, 1.54) is 0 Å². The summed E-state index contributed by atoms with van der Waals surface area (Å²) >= 11 is 4.92. The Morgan fingerprint density at radius 3 is 3.00 bits per heavy atom. The van der Waals surface area contributed by atoms with Crippen LogP contribution in [0.3, 0.4) is 0 Å². The molecular weight excluding hydrogens is 250 g/mol. The van der Waals surface area contributed by atoms with Gasteiger partial charge in [-0.25, -0.2) is 4.98 Å². The second-order valence-corrected chi connectivity index (χ2v) is 5.30. The molecular formula is C9H12BrNOS. The molecule has 0 saturated heterocycles. The van der Waals surface area contributed by atoms with Crippen LogP contribution in [0.4, 0.5) is 0 Å². The summed E-state index contributed by atoms with van der Waals surface area (Å²) in [6, 6.07) is 0. The highest BCUT2D eigenvalue weighted by Crippen LogP contribution is 2.46. The number of halogens is 1. The van der Waals surface area contributed by atoms with Gasteiger partial charge in [0.1, 0.15) is 10.2 Å². The molecule has 2 nitrogen and oxygen atoms in total. The van der Waals surface area contributed by atoms with Gasteiger partial charge in [-0.15, -0.1) is 11.3 Å². The Morgan fingerprint density at radius 1 is 1.77 bits per heavy atom. The van der Waals surface area contributed by atoms with E-state index in [-0.39, 0.29) is 0 Å². The maximum absolute atomic E-state index is 10.4. The van der Waals surface area contributed by atoms with Gasteiger partial charge in [0.2, 0.25) is 0 Å². The molecule has 2 unspecified atom stereocenters. The van der Waals surface area contributed by atoms with Crippen molar-refractivity contribution in [2.24, 2.45) is 5.92 Å². The normalized spacial score (nSPS) is 33.9. The third kappa shape index (κ3) is 1.45. The molecule has 1 heterocycles. The second-order valence-electron chi connectivity index (χ2n) is 3.69. The molecule has 0 spiro atoms. The van der Waals surface area contributed by atoms with Crippen LogP contribution in [0.25, 0.3) is 0 Å². The molecule has 2 atom stereocenters. The monoisotopic (exact) mass is 261 g/mol. The van der Waals surface area contributed by atoms with Crippen molar-refractivity contribution in [3.05, 3.63) is 15.0 Å². The van der Waals surface area contributed by atoms with Gasteiger partial charge in [0, 0.05) is 0 Å². The smallest absolute Gasteiger partial charge is 0.123 e. The minimum atomic E-state index is -0.625. The summed E-state index contributed by atoms with van der Waals surface area (Å²) in [7, 11) is 0. The van der Waals surface area contributed by atoms with Crippen LogP contribution < -0.4 is 0 Å². The quantitative estimate of drug-likeness (QED) is 0.844. The first kappa shape index (κ1) is 9.62. The average Bonchev–Trinajstić information content (AvgIpc) is 2.62. The SMILES string of the molecule is CC1CCCC1(O)c1scnc1Br. The Hall–Kier alpha value is 0.0700. The van der Waals surface area contributed by atoms with Crippen LogP contribution in [0, 0.1) is 5.92 Å². The fourth-order valence-electron chi connectivity index (χ4n) is 2.01. The molecule has 72 valence electrons. The van der Waals surface area contributed by atoms with Crippen molar-refractivity contribution < 1.29 is 5.11 Å². The highest BCUT2D eigenvalue weighted by Gasteiger charge is 2.42. The van der Waals surface area contributed by atoms with Crippen LogP contribution in [-0.4, -0.2) is 10.1 Å². The third-order valence-corrected chi connectivity index (χ3v) is 4.78. The molecule has 1 saturated carbocycles. The molecule has 0 aromatic carbocycles. The van der Waals surface area contributed by atoms with Gasteiger partial charge in [0.25, 0.3) is 0 Å². The number of aliphatic hydroxyl groups is 1. The summed E-state index contributed by atoms with van der Waals surface area (Å²) in [6.07, 6.45) is 3.10. The summed E-state index contributed by atoms with van der Waals surface area (Å²) in [5, 5.41) is 10.4. The van der Waals surface area contributed by atoms with E-state index in [0.717, 1.165) is 28.7 Å². The minimum absolute atomic E-state index is 0.351. The standard InChI is InChI=1S/C9H12BrNOS/c1-6-3-2-4-9(6,12)7-8(10)11-5-13-7/h5-6,12H,2-4H2,1H3. The Morgan fingerprint density at radius 2 is 2.54 bits per heavy atom. The van der Waals surface area contributed by atoms with Crippen LogP contribution in [-0.2, 0) is 5.60 Å². The molecule has 4 heteroatoms. The number of aromatic nitrogens is 1. The van der Waals surface area contributed by atoms with E-state index in [2.05, 4.69) is 27.8 Å². The van der Waals surface area contributed by atoms with Crippen LogP contribution in [0.15, 0.2) is 10.1 Å². The van der Waals surface area contributed by atoms with Crippen LogP contribution in [0.1, 0.15) is 31.1 Å². The predicted molar refractivity (Wildman–Crippen MR) is 56.7 cm³/mol.